The molecule has 0 saturated carbocycles. The number of hydrogen-bond donors (Lipinski definition) is 0. The zero-order valence-electron chi connectivity index (χ0n) is 9.18. The summed E-state index contributed by atoms with van der Waals surface area (Å²) >= 11 is 0. The fraction of sp³-hybridized carbons (Fsp3) is 0.300. The molecule has 6 nitrogen and oxygen atoms in total. The second kappa shape index (κ2) is 3.48. The quantitative estimate of drug-likeness (QED) is 0.634. The first-order chi connectivity index (χ1) is 7.50. The van der Waals surface area contributed by atoms with E-state index in [1.54, 1.807) is 20.8 Å². The number of carbonyl (C=O) groups is 2. The summed E-state index contributed by atoms with van der Waals surface area (Å²) in [5.74, 6) is -0.784. The van der Waals surface area contributed by atoms with E-state index in [0.717, 1.165) is 4.90 Å². The minimum absolute atomic E-state index is 0.0335. The molecule has 6 heteroatoms. The van der Waals surface area contributed by atoms with Crippen molar-refractivity contribution in [2.24, 2.45) is 0 Å². The van der Waals surface area contributed by atoms with Gasteiger partial charge in [0.25, 0.3) is 17.8 Å². The number of rotatable bonds is 1. The van der Waals surface area contributed by atoms with Crippen LogP contribution in [0.3, 0.4) is 0 Å². The maximum Gasteiger partial charge on any atom is 0.263 e. The van der Waals surface area contributed by atoms with E-state index >= 15 is 0 Å². The Balaban J connectivity index is 2.43. The van der Waals surface area contributed by atoms with E-state index in [9.17, 15) is 9.59 Å². The molecule has 0 saturated heterocycles. The standard InChI is InChI=1S/C10H10N4O2/c1-5-4-8(15)14(9(5)16)10-11-6(2)7(3)12-13-10/h4H,1-3H3. The summed E-state index contributed by atoms with van der Waals surface area (Å²) in [6, 6.07) is 0. The highest BCUT2D eigenvalue weighted by atomic mass is 16.2. The lowest BCUT2D eigenvalue weighted by molar-refractivity contribution is -0.120. The summed E-state index contributed by atoms with van der Waals surface area (Å²) in [5.41, 5.74) is 1.70. The molecule has 0 aliphatic carbocycles. The molecule has 82 valence electrons. The molecule has 0 atom stereocenters. The SMILES string of the molecule is CC1=CC(=O)N(c2nnc(C)c(C)n2)C1=O. The van der Waals surface area contributed by atoms with Gasteiger partial charge in [-0.1, -0.05) is 0 Å². The normalized spacial score (nSPS) is 15.7. The lowest BCUT2D eigenvalue weighted by atomic mass is 10.3. The van der Waals surface area contributed by atoms with Crippen LogP contribution in [0.1, 0.15) is 18.3 Å². The number of aryl methyl sites for hydroxylation is 2. The third-order valence-electron chi connectivity index (χ3n) is 2.38. The van der Waals surface area contributed by atoms with Crippen molar-refractivity contribution in [3.05, 3.63) is 23.0 Å². The minimum Gasteiger partial charge on any atom is -0.269 e. The third-order valence-corrected chi connectivity index (χ3v) is 2.38. The molecule has 0 aromatic carbocycles. The molecule has 1 aliphatic heterocycles. The minimum atomic E-state index is -0.424. The number of imide groups is 1. The Bertz CT molecular complexity index is 522. The van der Waals surface area contributed by atoms with Crippen molar-refractivity contribution in [1.29, 1.82) is 0 Å². The molecule has 0 unspecified atom stereocenters. The smallest absolute Gasteiger partial charge is 0.263 e. The average Bonchev–Trinajstić information content (AvgIpc) is 2.47. The molecule has 1 aromatic heterocycles. The molecule has 1 aliphatic rings. The van der Waals surface area contributed by atoms with Gasteiger partial charge in [-0.3, -0.25) is 9.59 Å². The van der Waals surface area contributed by atoms with Crippen LogP contribution in [-0.4, -0.2) is 27.0 Å². The fourth-order valence-corrected chi connectivity index (χ4v) is 1.32. The van der Waals surface area contributed by atoms with Gasteiger partial charge in [-0.15, -0.1) is 5.10 Å². The molecular weight excluding hydrogens is 208 g/mol. The molecule has 2 rings (SSSR count). The summed E-state index contributed by atoms with van der Waals surface area (Å²) < 4.78 is 0. The second-order valence-electron chi connectivity index (χ2n) is 3.59. The molecule has 16 heavy (non-hydrogen) atoms. The molecular formula is C10H10N4O2. The maximum atomic E-state index is 11.6. The number of carbonyl (C=O) groups excluding carboxylic acids is 2. The highest BCUT2D eigenvalue weighted by Gasteiger charge is 2.32. The number of nitrogens with zero attached hydrogens (tertiary/aromatic N) is 4. The number of anilines is 1. The van der Waals surface area contributed by atoms with Crippen LogP contribution in [0.2, 0.25) is 0 Å². The van der Waals surface area contributed by atoms with Crippen molar-refractivity contribution in [2.75, 3.05) is 4.90 Å². The summed E-state index contributed by atoms with van der Waals surface area (Å²) in [4.78, 5) is 28.1. The highest BCUT2D eigenvalue weighted by Crippen LogP contribution is 2.18. The van der Waals surface area contributed by atoms with Gasteiger partial charge < -0.3 is 0 Å². The van der Waals surface area contributed by atoms with Gasteiger partial charge in [0, 0.05) is 11.6 Å². The molecule has 0 N–H and O–H groups in total. The van der Waals surface area contributed by atoms with E-state index in [0.29, 0.717) is 17.0 Å². The summed E-state index contributed by atoms with van der Waals surface area (Å²) in [5, 5.41) is 7.58. The lowest BCUT2D eigenvalue weighted by Crippen LogP contribution is -2.32. The van der Waals surface area contributed by atoms with E-state index in [-0.39, 0.29) is 5.95 Å². The molecule has 1 aromatic rings. The second-order valence-corrected chi connectivity index (χ2v) is 3.59. The van der Waals surface area contributed by atoms with Crippen molar-refractivity contribution in [3.8, 4) is 0 Å². The van der Waals surface area contributed by atoms with Gasteiger partial charge in [-0.25, -0.2) is 9.88 Å². The Morgan fingerprint density at radius 2 is 1.75 bits per heavy atom. The van der Waals surface area contributed by atoms with E-state index in [1.807, 2.05) is 0 Å². The lowest BCUT2D eigenvalue weighted by Gasteiger charge is -2.11. The first-order valence-corrected chi connectivity index (χ1v) is 4.75. The van der Waals surface area contributed by atoms with E-state index in [4.69, 9.17) is 0 Å². The van der Waals surface area contributed by atoms with Crippen LogP contribution >= 0.6 is 0 Å². The van der Waals surface area contributed by atoms with Crippen molar-refractivity contribution in [1.82, 2.24) is 15.2 Å². The summed E-state index contributed by atoms with van der Waals surface area (Å²) in [6.07, 6.45) is 1.26. The topological polar surface area (TPSA) is 76.1 Å². The zero-order chi connectivity index (χ0) is 11.9. The van der Waals surface area contributed by atoms with Gasteiger partial charge in [0.2, 0.25) is 0 Å². The molecule has 2 amide bonds. The number of aromatic nitrogens is 3. The highest BCUT2D eigenvalue weighted by molar-refractivity contribution is 6.29. The monoisotopic (exact) mass is 218 g/mol. The molecule has 0 radical (unpaired) electrons. The first-order valence-electron chi connectivity index (χ1n) is 4.75. The predicted molar refractivity (Wildman–Crippen MR) is 55.6 cm³/mol. The van der Waals surface area contributed by atoms with Crippen molar-refractivity contribution in [2.45, 2.75) is 20.8 Å². The van der Waals surface area contributed by atoms with Crippen LogP contribution in [-0.2, 0) is 9.59 Å². The fourth-order valence-electron chi connectivity index (χ4n) is 1.32. The van der Waals surface area contributed by atoms with Gasteiger partial charge in [-0.2, -0.15) is 5.10 Å². The number of amides is 2. The molecule has 0 bridgehead atoms. The third kappa shape index (κ3) is 1.48. The van der Waals surface area contributed by atoms with Crippen LogP contribution in [0, 0.1) is 13.8 Å². The van der Waals surface area contributed by atoms with Gasteiger partial charge >= 0.3 is 0 Å². The van der Waals surface area contributed by atoms with Crippen LogP contribution in [0.5, 0.6) is 0 Å². The van der Waals surface area contributed by atoms with Gasteiger partial charge in [0.05, 0.1) is 11.4 Å². The summed E-state index contributed by atoms with van der Waals surface area (Å²) in [6.45, 7) is 5.09. The van der Waals surface area contributed by atoms with Crippen LogP contribution < -0.4 is 4.90 Å². The van der Waals surface area contributed by atoms with E-state index < -0.39 is 11.8 Å². The molecule has 2 heterocycles. The van der Waals surface area contributed by atoms with E-state index in [1.165, 1.54) is 6.08 Å². The molecule has 0 spiro atoms. The Kier molecular flexibility index (Phi) is 2.26. The zero-order valence-corrected chi connectivity index (χ0v) is 9.18. The van der Waals surface area contributed by atoms with E-state index in [2.05, 4.69) is 15.2 Å². The van der Waals surface area contributed by atoms with Crippen molar-refractivity contribution in [3.63, 3.8) is 0 Å². The largest absolute Gasteiger partial charge is 0.269 e. The van der Waals surface area contributed by atoms with Gasteiger partial charge in [0.15, 0.2) is 0 Å². The van der Waals surface area contributed by atoms with Crippen molar-refractivity contribution < 1.29 is 9.59 Å². The summed E-state index contributed by atoms with van der Waals surface area (Å²) in [7, 11) is 0. The van der Waals surface area contributed by atoms with Gasteiger partial charge in [0.1, 0.15) is 0 Å². The predicted octanol–water partition coefficient (Wildman–Crippen LogP) is 0.308. The molecule has 0 fully saturated rings. The van der Waals surface area contributed by atoms with Crippen LogP contribution in [0.4, 0.5) is 5.95 Å². The average molecular weight is 218 g/mol. The van der Waals surface area contributed by atoms with Crippen LogP contribution in [0.15, 0.2) is 11.6 Å². The Morgan fingerprint density at radius 1 is 1.06 bits per heavy atom. The van der Waals surface area contributed by atoms with Crippen molar-refractivity contribution >= 4 is 17.8 Å². The number of hydrogen-bond acceptors (Lipinski definition) is 5. The Labute approximate surface area is 92.0 Å². The van der Waals surface area contributed by atoms with Gasteiger partial charge in [-0.05, 0) is 20.8 Å². The Hall–Kier alpha value is -2.11. The van der Waals surface area contributed by atoms with Crippen LogP contribution in [0.25, 0.3) is 0 Å². The maximum absolute atomic E-state index is 11.6. The first kappa shape index (κ1) is 10.4. The Morgan fingerprint density at radius 3 is 2.25 bits per heavy atom.